The number of rotatable bonds is 3. The summed E-state index contributed by atoms with van der Waals surface area (Å²) in [6.45, 7) is 10.2. The molecule has 1 aliphatic heterocycles. The predicted molar refractivity (Wildman–Crippen MR) is 113 cm³/mol. The lowest BCUT2D eigenvalue weighted by atomic mass is 9.89. The molecule has 0 spiro atoms. The Kier molecular flexibility index (Phi) is 4.50. The summed E-state index contributed by atoms with van der Waals surface area (Å²) in [6.07, 6.45) is 2.15. The average Bonchev–Trinajstić information content (AvgIpc) is 3.02. The zero-order valence-electron chi connectivity index (χ0n) is 16.7. The van der Waals surface area contributed by atoms with Gasteiger partial charge in [0.25, 0.3) is 5.78 Å². The lowest BCUT2D eigenvalue weighted by Gasteiger charge is -2.41. The molecule has 6 nitrogen and oxygen atoms in total. The molecule has 2 aromatic heterocycles. The molecular formula is C21H23N5OS. The molecule has 4 rings (SSSR count). The van der Waals surface area contributed by atoms with Crippen LogP contribution in [0.5, 0.6) is 0 Å². The molecule has 28 heavy (non-hydrogen) atoms. The van der Waals surface area contributed by atoms with Gasteiger partial charge in [0.2, 0.25) is 5.91 Å². The lowest BCUT2D eigenvalue weighted by Crippen LogP contribution is -2.49. The summed E-state index contributed by atoms with van der Waals surface area (Å²) in [5.41, 5.74) is 4.76. The van der Waals surface area contributed by atoms with Crippen LogP contribution in [0.1, 0.15) is 37.7 Å². The van der Waals surface area contributed by atoms with E-state index in [4.69, 9.17) is 0 Å². The van der Waals surface area contributed by atoms with Crippen LogP contribution in [0.25, 0.3) is 11.4 Å². The van der Waals surface area contributed by atoms with Gasteiger partial charge in [-0.05, 0) is 52.3 Å². The fourth-order valence-electron chi connectivity index (χ4n) is 3.92. The molecule has 0 saturated heterocycles. The number of carbonyl (C=O) groups excluding carboxylic acids is 1. The topological polar surface area (TPSA) is 63.4 Å². The molecule has 0 aliphatic carbocycles. The van der Waals surface area contributed by atoms with Crippen molar-refractivity contribution in [2.24, 2.45) is 0 Å². The van der Waals surface area contributed by atoms with Gasteiger partial charge < -0.3 is 4.90 Å². The Morgan fingerprint density at radius 3 is 2.68 bits per heavy atom. The second-order valence-corrected chi connectivity index (χ2v) is 8.62. The summed E-state index contributed by atoms with van der Waals surface area (Å²) >= 11 is 1.39. The Morgan fingerprint density at radius 1 is 1.14 bits per heavy atom. The zero-order valence-corrected chi connectivity index (χ0v) is 17.5. The van der Waals surface area contributed by atoms with Crippen molar-refractivity contribution < 1.29 is 4.79 Å². The molecule has 1 aliphatic rings. The summed E-state index contributed by atoms with van der Waals surface area (Å²) in [5.74, 6) is 0.883. The number of nitrogens with zero attached hydrogens (tertiary/aromatic N) is 5. The highest BCUT2D eigenvalue weighted by atomic mass is 32.2. The second kappa shape index (κ2) is 6.74. The summed E-state index contributed by atoms with van der Waals surface area (Å²) in [4.78, 5) is 19.6. The van der Waals surface area contributed by atoms with Crippen LogP contribution in [0.3, 0.4) is 0 Å². The highest BCUT2D eigenvalue weighted by molar-refractivity contribution is 7.99. The van der Waals surface area contributed by atoms with E-state index in [-0.39, 0.29) is 11.7 Å². The van der Waals surface area contributed by atoms with Crippen molar-refractivity contribution in [1.82, 2.24) is 19.6 Å². The highest BCUT2D eigenvalue weighted by Crippen LogP contribution is 2.39. The number of para-hydroxylation sites is 1. The van der Waals surface area contributed by atoms with Gasteiger partial charge in [-0.25, -0.2) is 4.98 Å². The van der Waals surface area contributed by atoms with E-state index < -0.39 is 5.54 Å². The third-order valence-electron chi connectivity index (χ3n) is 4.95. The standard InChI is InChI=1S/C21H23N5OS/c1-13-11-21(4,5)26(17-9-7-6-8-16(13)17)18(27)12-28-20-24-23-19-22-14(2)10-15(3)25(19)20/h6-11H,12H2,1-5H3. The van der Waals surface area contributed by atoms with Gasteiger partial charge in [-0.15, -0.1) is 10.2 Å². The summed E-state index contributed by atoms with van der Waals surface area (Å²) in [5, 5.41) is 9.07. The van der Waals surface area contributed by atoms with Gasteiger partial charge in [-0.1, -0.05) is 36.0 Å². The van der Waals surface area contributed by atoms with E-state index >= 15 is 0 Å². The summed E-state index contributed by atoms with van der Waals surface area (Å²) in [6, 6.07) is 10.0. The number of hydrogen-bond donors (Lipinski definition) is 0. The van der Waals surface area contributed by atoms with Crippen LogP contribution in [0.2, 0.25) is 0 Å². The minimum Gasteiger partial charge on any atom is -0.302 e. The van der Waals surface area contributed by atoms with Crippen LogP contribution >= 0.6 is 11.8 Å². The van der Waals surface area contributed by atoms with Crippen LogP contribution in [-0.4, -0.2) is 36.8 Å². The van der Waals surface area contributed by atoms with Gasteiger partial charge in [0, 0.05) is 17.0 Å². The molecule has 0 bridgehead atoms. The maximum absolute atomic E-state index is 13.3. The number of benzene rings is 1. The summed E-state index contributed by atoms with van der Waals surface area (Å²) < 4.78 is 1.89. The number of hydrogen-bond acceptors (Lipinski definition) is 5. The first-order valence-electron chi connectivity index (χ1n) is 9.22. The van der Waals surface area contributed by atoms with E-state index in [2.05, 4.69) is 48.1 Å². The molecule has 0 unspecified atom stereocenters. The van der Waals surface area contributed by atoms with Crippen LogP contribution < -0.4 is 4.90 Å². The third kappa shape index (κ3) is 3.09. The average molecular weight is 394 g/mol. The second-order valence-electron chi connectivity index (χ2n) is 7.67. The van der Waals surface area contributed by atoms with Gasteiger partial charge >= 0.3 is 0 Å². The first-order chi connectivity index (χ1) is 13.3. The van der Waals surface area contributed by atoms with Crippen LogP contribution in [0.15, 0.2) is 41.6 Å². The van der Waals surface area contributed by atoms with Gasteiger partial charge in [-0.3, -0.25) is 9.20 Å². The lowest BCUT2D eigenvalue weighted by molar-refractivity contribution is -0.116. The summed E-state index contributed by atoms with van der Waals surface area (Å²) in [7, 11) is 0. The zero-order chi connectivity index (χ0) is 20.1. The molecule has 0 radical (unpaired) electrons. The van der Waals surface area contributed by atoms with Crippen molar-refractivity contribution in [3.63, 3.8) is 0 Å². The van der Waals surface area contributed by atoms with E-state index in [1.165, 1.54) is 17.3 Å². The molecule has 1 amide bonds. The smallest absolute Gasteiger partial charge is 0.256 e. The quantitative estimate of drug-likeness (QED) is 0.628. The van der Waals surface area contributed by atoms with Crippen LogP contribution in [0, 0.1) is 13.8 Å². The fourth-order valence-corrected chi connectivity index (χ4v) is 4.76. The number of carbonyl (C=O) groups is 1. The van der Waals surface area contributed by atoms with Gasteiger partial charge in [-0.2, -0.15) is 0 Å². The molecule has 0 fully saturated rings. The van der Waals surface area contributed by atoms with E-state index in [1.807, 2.05) is 47.4 Å². The first kappa shape index (κ1) is 18.7. The number of amides is 1. The molecule has 3 aromatic rings. The maximum Gasteiger partial charge on any atom is 0.256 e. The molecule has 0 saturated carbocycles. The van der Waals surface area contributed by atoms with Crippen LogP contribution in [-0.2, 0) is 4.79 Å². The van der Waals surface area contributed by atoms with Crippen molar-refractivity contribution in [2.45, 2.75) is 45.3 Å². The van der Waals surface area contributed by atoms with E-state index in [0.717, 1.165) is 22.6 Å². The maximum atomic E-state index is 13.3. The molecule has 1 aromatic carbocycles. The Labute approximate surface area is 168 Å². The van der Waals surface area contributed by atoms with Crippen molar-refractivity contribution in [2.75, 3.05) is 10.7 Å². The van der Waals surface area contributed by atoms with Gasteiger partial charge in [0.1, 0.15) is 0 Å². The number of aromatic nitrogens is 4. The molecule has 3 heterocycles. The Hall–Kier alpha value is -2.67. The SMILES string of the molecule is CC1=CC(C)(C)N(C(=O)CSc2nnc3nc(C)cc(C)n23)c2ccccc21. The Morgan fingerprint density at radius 2 is 1.89 bits per heavy atom. The van der Waals surface area contributed by atoms with Gasteiger partial charge in [0.05, 0.1) is 17.0 Å². The third-order valence-corrected chi connectivity index (χ3v) is 5.87. The van der Waals surface area contributed by atoms with Crippen LogP contribution in [0.4, 0.5) is 5.69 Å². The first-order valence-corrected chi connectivity index (χ1v) is 10.2. The molecule has 0 N–H and O–H groups in total. The van der Waals surface area contributed by atoms with Gasteiger partial charge in [0.15, 0.2) is 5.16 Å². The fraction of sp³-hybridized carbons (Fsp3) is 0.333. The predicted octanol–water partition coefficient (Wildman–Crippen LogP) is 4.06. The molecule has 0 atom stereocenters. The van der Waals surface area contributed by atoms with E-state index in [1.54, 1.807) is 0 Å². The normalized spacial score (nSPS) is 15.5. The molecular weight excluding hydrogens is 370 g/mol. The van der Waals surface area contributed by atoms with E-state index in [9.17, 15) is 4.79 Å². The Bertz CT molecular complexity index is 1120. The highest BCUT2D eigenvalue weighted by Gasteiger charge is 2.35. The minimum absolute atomic E-state index is 0.0423. The minimum atomic E-state index is -0.391. The number of anilines is 1. The molecule has 144 valence electrons. The number of aryl methyl sites for hydroxylation is 2. The number of thioether (sulfide) groups is 1. The van der Waals surface area contributed by atoms with Crippen molar-refractivity contribution in [3.8, 4) is 0 Å². The van der Waals surface area contributed by atoms with E-state index in [0.29, 0.717) is 10.9 Å². The van der Waals surface area contributed by atoms with Crippen molar-refractivity contribution in [1.29, 1.82) is 0 Å². The Balaban J connectivity index is 1.63. The monoisotopic (exact) mass is 393 g/mol. The molecule has 7 heteroatoms. The number of allylic oxidation sites excluding steroid dienone is 1. The number of fused-ring (bicyclic) bond motifs is 2. The van der Waals surface area contributed by atoms with Crippen molar-refractivity contribution >= 4 is 34.7 Å². The largest absolute Gasteiger partial charge is 0.302 e. The van der Waals surface area contributed by atoms with Crippen molar-refractivity contribution in [3.05, 3.63) is 53.4 Å².